The van der Waals surface area contributed by atoms with Crippen molar-refractivity contribution in [1.29, 1.82) is 0 Å². The third-order valence-electron chi connectivity index (χ3n) is 4.27. The Hall–Kier alpha value is -1.70. The number of nitrogens with zero attached hydrogens (tertiary/aromatic N) is 1. The van der Waals surface area contributed by atoms with Crippen LogP contribution in [0.1, 0.15) is 30.6 Å². The normalized spacial score (nSPS) is 15.8. The summed E-state index contributed by atoms with van der Waals surface area (Å²) in [7, 11) is -3.43. The third kappa shape index (κ3) is 4.68. The van der Waals surface area contributed by atoms with E-state index < -0.39 is 10.0 Å². The van der Waals surface area contributed by atoms with Gasteiger partial charge in [0.2, 0.25) is 15.9 Å². The Labute approximate surface area is 152 Å². The van der Waals surface area contributed by atoms with Gasteiger partial charge in [0.15, 0.2) is 0 Å². The summed E-state index contributed by atoms with van der Waals surface area (Å²) >= 11 is 1.64. The molecule has 0 saturated carbocycles. The molecule has 0 bridgehead atoms. The first-order chi connectivity index (χ1) is 12.1. The molecule has 0 aliphatic carbocycles. The lowest BCUT2D eigenvalue weighted by Crippen LogP contribution is -2.35. The lowest BCUT2D eigenvalue weighted by Gasteiger charge is -2.25. The SMILES string of the molecule is O=C(CCc1cccs1)Nc1ccc(S(=O)(=O)N2CCCCC2)cc1. The number of carbonyl (C=O) groups is 1. The Bertz CT molecular complexity index is 793. The predicted octanol–water partition coefficient (Wildman–Crippen LogP) is 3.49. The maximum Gasteiger partial charge on any atom is 0.243 e. The van der Waals surface area contributed by atoms with Crippen molar-refractivity contribution in [3.05, 3.63) is 46.7 Å². The number of rotatable bonds is 6. The van der Waals surface area contributed by atoms with Gasteiger partial charge in [-0.2, -0.15) is 4.31 Å². The van der Waals surface area contributed by atoms with Crippen LogP contribution in [0.5, 0.6) is 0 Å². The third-order valence-corrected chi connectivity index (χ3v) is 7.12. The summed E-state index contributed by atoms with van der Waals surface area (Å²) in [4.78, 5) is 13.5. The molecule has 134 valence electrons. The number of piperidine rings is 1. The van der Waals surface area contributed by atoms with E-state index in [1.54, 1.807) is 39.9 Å². The number of aryl methyl sites for hydroxylation is 1. The molecule has 5 nitrogen and oxygen atoms in total. The van der Waals surface area contributed by atoms with Crippen molar-refractivity contribution in [3.8, 4) is 0 Å². The molecule has 0 radical (unpaired) electrons. The highest BCUT2D eigenvalue weighted by atomic mass is 32.2. The molecule has 1 aromatic heterocycles. The van der Waals surface area contributed by atoms with Crippen LogP contribution < -0.4 is 5.32 Å². The van der Waals surface area contributed by atoms with Crippen molar-refractivity contribution >= 4 is 33.0 Å². The summed E-state index contributed by atoms with van der Waals surface area (Å²) < 4.78 is 26.7. The molecule has 1 aliphatic heterocycles. The summed E-state index contributed by atoms with van der Waals surface area (Å²) in [5.74, 6) is -0.0694. The van der Waals surface area contributed by atoms with Crippen LogP contribution in [0.4, 0.5) is 5.69 Å². The fourth-order valence-electron chi connectivity index (χ4n) is 2.88. The van der Waals surface area contributed by atoms with E-state index in [1.807, 2.05) is 17.5 Å². The summed E-state index contributed by atoms with van der Waals surface area (Å²) in [5, 5.41) is 4.81. The molecular weight excluding hydrogens is 356 g/mol. The number of nitrogens with one attached hydrogen (secondary N) is 1. The summed E-state index contributed by atoms with van der Waals surface area (Å²) in [6.07, 6.45) is 4.04. The Morgan fingerprint density at radius 1 is 1.08 bits per heavy atom. The molecule has 25 heavy (non-hydrogen) atoms. The monoisotopic (exact) mass is 378 g/mol. The van der Waals surface area contributed by atoms with Crippen LogP contribution >= 0.6 is 11.3 Å². The number of amides is 1. The summed E-state index contributed by atoms with van der Waals surface area (Å²) in [5.41, 5.74) is 0.619. The number of hydrogen-bond donors (Lipinski definition) is 1. The number of anilines is 1. The van der Waals surface area contributed by atoms with Crippen LogP contribution in [0, 0.1) is 0 Å². The van der Waals surface area contributed by atoms with Gasteiger partial charge in [0.25, 0.3) is 0 Å². The van der Waals surface area contributed by atoms with Gasteiger partial charge in [-0.25, -0.2) is 8.42 Å². The second-order valence-corrected chi connectivity index (χ2v) is 9.09. The molecular formula is C18H22N2O3S2. The zero-order valence-corrected chi connectivity index (χ0v) is 15.6. The Kier molecular flexibility index (Phi) is 5.88. The highest BCUT2D eigenvalue weighted by Crippen LogP contribution is 2.22. The van der Waals surface area contributed by atoms with Crippen molar-refractivity contribution in [2.24, 2.45) is 0 Å². The Morgan fingerprint density at radius 2 is 1.80 bits per heavy atom. The van der Waals surface area contributed by atoms with E-state index in [2.05, 4.69) is 5.32 Å². The van der Waals surface area contributed by atoms with E-state index in [4.69, 9.17) is 0 Å². The first kappa shape index (κ1) is 18.1. The molecule has 0 spiro atoms. The standard InChI is InChI=1S/C18H22N2O3S2/c21-18(11-8-16-5-4-14-24-16)19-15-6-9-17(10-7-15)25(22,23)20-12-2-1-3-13-20/h4-7,9-10,14H,1-3,8,11-13H2,(H,19,21). The second kappa shape index (κ2) is 8.12. The molecule has 1 fully saturated rings. The average molecular weight is 379 g/mol. The van der Waals surface area contributed by atoms with Crippen LogP contribution in [0.25, 0.3) is 0 Å². The molecule has 1 aliphatic rings. The van der Waals surface area contributed by atoms with Crippen molar-refractivity contribution in [2.75, 3.05) is 18.4 Å². The minimum atomic E-state index is -3.43. The number of thiophene rings is 1. The minimum absolute atomic E-state index is 0.0694. The number of hydrogen-bond acceptors (Lipinski definition) is 4. The molecule has 2 aromatic rings. The Balaban J connectivity index is 1.58. The zero-order chi connectivity index (χ0) is 17.7. The van der Waals surface area contributed by atoms with E-state index >= 15 is 0 Å². The molecule has 3 rings (SSSR count). The van der Waals surface area contributed by atoms with E-state index in [0.717, 1.165) is 19.3 Å². The van der Waals surface area contributed by atoms with E-state index in [-0.39, 0.29) is 10.8 Å². The van der Waals surface area contributed by atoms with Gasteiger partial charge in [-0.15, -0.1) is 11.3 Å². The largest absolute Gasteiger partial charge is 0.326 e. The topological polar surface area (TPSA) is 66.5 Å². The van der Waals surface area contributed by atoms with E-state index in [0.29, 0.717) is 31.6 Å². The molecule has 2 heterocycles. The highest BCUT2D eigenvalue weighted by Gasteiger charge is 2.25. The van der Waals surface area contributed by atoms with E-state index in [1.165, 1.54) is 4.88 Å². The highest BCUT2D eigenvalue weighted by molar-refractivity contribution is 7.89. The van der Waals surface area contributed by atoms with Crippen LogP contribution in [0.2, 0.25) is 0 Å². The molecule has 0 unspecified atom stereocenters. The molecule has 1 N–H and O–H groups in total. The van der Waals surface area contributed by atoms with Crippen molar-refractivity contribution < 1.29 is 13.2 Å². The number of carbonyl (C=O) groups excluding carboxylic acids is 1. The Morgan fingerprint density at radius 3 is 2.44 bits per heavy atom. The van der Waals surface area contributed by atoms with Crippen LogP contribution in [0.3, 0.4) is 0 Å². The minimum Gasteiger partial charge on any atom is -0.326 e. The summed E-state index contributed by atoms with van der Waals surface area (Å²) in [6, 6.07) is 10.4. The van der Waals surface area contributed by atoms with Gasteiger partial charge in [0.1, 0.15) is 0 Å². The zero-order valence-electron chi connectivity index (χ0n) is 14.0. The van der Waals surface area contributed by atoms with Gasteiger partial charge in [-0.3, -0.25) is 4.79 Å². The first-order valence-corrected chi connectivity index (χ1v) is 10.8. The molecule has 1 saturated heterocycles. The smallest absolute Gasteiger partial charge is 0.243 e. The maximum atomic E-state index is 12.6. The van der Waals surface area contributed by atoms with Crippen molar-refractivity contribution in [2.45, 2.75) is 37.0 Å². The predicted molar refractivity (Wildman–Crippen MR) is 100 cm³/mol. The molecule has 0 atom stereocenters. The lowest BCUT2D eigenvalue weighted by atomic mass is 10.2. The summed E-state index contributed by atoms with van der Waals surface area (Å²) in [6.45, 7) is 1.17. The fourth-order valence-corrected chi connectivity index (χ4v) is 5.11. The average Bonchev–Trinajstić information content (AvgIpc) is 3.15. The molecule has 7 heteroatoms. The van der Waals surface area contributed by atoms with Crippen molar-refractivity contribution in [3.63, 3.8) is 0 Å². The number of sulfonamides is 1. The van der Waals surface area contributed by atoms with Gasteiger partial charge in [0, 0.05) is 30.1 Å². The second-order valence-electron chi connectivity index (χ2n) is 6.12. The van der Waals surface area contributed by atoms with Gasteiger partial charge in [-0.1, -0.05) is 12.5 Å². The van der Waals surface area contributed by atoms with Gasteiger partial charge in [-0.05, 0) is 55.0 Å². The lowest BCUT2D eigenvalue weighted by molar-refractivity contribution is -0.116. The van der Waals surface area contributed by atoms with E-state index in [9.17, 15) is 13.2 Å². The first-order valence-electron chi connectivity index (χ1n) is 8.48. The molecule has 1 aromatic carbocycles. The van der Waals surface area contributed by atoms with Gasteiger partial charge < -0.3 is 5.32 Å². The van der Waals surface area contributed by atoms with Crippen LogP contribution in [-0.4, -0.2) is 31.7 Å². The fraction of sp³-hybridized carbons (Fsp3) is 0.389. The van der Waals surface area contributed by atoms with Gasteiger partial charge in [0.05, 0.1) is 4.90 Å². The van der Waals surface area contributed by atoms with Crippen LogP contribution in [0.15, 0.2) is 46.7 Å². The van der Waals surface area contributed by atoms with Crippen LogP contribution in [-0.2, 0) is 21.2 Å². The number of benzene rings is 1. The quantitative estimate of drug-likeness (QED) is 0.837. The van der Waals surface area contributed by atoms with Gasteiger partial charge >= 0.3 is 0 Å². The maximum absolute atomic E-state index is 12.6. The molecule has 1 amide bonds. The van der Waals surface area contributed by atoms with Crippen molar-refractivity contribution in [1.82, 2.24) is 4.31 Å².